The minimum Gasteiger partial charge on any atom is -0.480 e. The van der Waals surface area contributed by atoms with Crippen molar-refractivity contribution in [1.29, 1.82) is 0 Å². The van der Waals surface area contributed by atoms with Gasteiger partial charge in [-0.3, -0.25) is 4.79 Å². The molecule has 0 bridgehead atoms. The Bertz CT molecular complexity index is 1200. The van der Waals surface area contributed by atoms with Crippen LogP contribution in [-0.4, -0.2) is 39.5 Å². The smallest absolute Gasteiger partial charge is 0.339 e. The number of thioether (sulfide) groups is 1. The zero-order valence-electron chi connectivity index (χ0n) is 19.7. The predicted octanol–water partition coefficient (Wildman–Crippen LogP) is 5.38. The second-order valence-corrected chi connectivity index (χ2v) is 9.41. The van der Waals surface area contributed by atoms with Gasteiger partial charge in [0.1, 0.15) is 0 Å². The summed E-state index contributed by atoms with van der Waals surface area (Å²) in [4.78, 5) is 24.4. The number of halogens is 2. The molecule has 2 aromatic carbocycles. The van der Waals surface area contributed by atoms with Crippen molar-refractivity contribution in [1.82, 2.24) is 14.8 Å². The maximum Gasteiger partial charge on any atom is 0.339 e. The highest BCUT2D eigenvalue weighted by Crippen LogP contribution is 2.27. The summed E-state index contributed by atoms with van der Waals surface area (Å²) in [5, 5.41) is 12.0. The molecule has 3 rings (SSSR count). The SMILES string of the molecule is COC(=O)c1cc(NC(=O)CSc2nnc(C(C)Oc3ccccc3F)n2CC(C)C)ccc1Cl. The number of rotatable bonds is 10. The quantitative estimate of drug-likeness (QED) is 0.283. The summed E-state index contributed by atoms with van der Waals surface area (Å²) in [6.45, 7) is 6.46. The molecule has 1 unspecified atom stereocenters. The van der Waals surface area contributed by atoms with Gasteiger partial charge in [-0.25, -0.2) is 9.18 Å². The number of esters is 1. The Balaban J connectivity index is 1.71. The molecule has 8 nitrogen and oxygen atoms in total. The standard InChI is InChI=1S/C24H26ClFN4O4S/c1-14(2)12-30-22(15(3)34-20-8-6-5-7-19(20)26)28-29-24(30)35-13-21(31)27-16-9-10-18(25)17(11-16)23(32)33-4/h5-11,14-15H,12-13H2,1-4H3,(H,27,31). The van der Waals surface area contributed by atoms with Crippen LogP contribution in [0, 0.1) is 11.7 Å². The Morgan fingerprint density at radius 3 is 2.60 bits per heavy atom. The van der Waals surface area contributed by atoms with Crippen LogP contribution >= 0.6 is 23.4 Å². The van der Waals surface area contributed by atoms with E-state index in [-0.39, 0.29) is 33.9 Å². The molecule has 186 valence electrons. The average Bonchev–Trinajstić information content (AvgIpc) is 3.21. The summed E-state index contributed by atoms with van der Waals surface area (Å²) in [7, 11) is 1.25. The summed E-state index contributed by atoms with van der Waals surface area (Å²) in [6.07, 6.45) is -0.563. The van der Waals surface area contributed by atoms with Crippen LogP contribution in [0.15, 0.2) is 47.6 Å². The number of ether oxygens (including phenoxy) is 2. The lowest BCUT2D eigenvalue weighted by Gasteiger charge is -2.18. The number of carbonyl (C=O) groups excluding carboxylic acids is 2. The molecule has 0 fully saturated rings. The van der Waals surface area contributed by atoms with Gasteiger partial charge in [-0.15, -0.1) is 10.2 Å². The molecule has 35 heavy (non-hydrogen) atoms. The maximum atomic E-state index is 14.0. The number of hydrogen-bond acceptors (Lipinski definition) is 7. The zero-order valence-corrected chi connectivity index (χ0v) is 21.3. The average molecular weight is 521 g/mol. The minimum atomic E-state index is -0.596. The van der Waals surface area contributed by atoms with Crippen LogP contribution in [-0.2, 0) is 16.1 Å². The van der Waals surface area contributed by atoms with E-state index in [2.05, 4.69) is 15.5 Å². The van der Waals surface area contributed by atoms with Crippen LogP contribution < -0.4 is 10.1 Å². The molecule has 1 heterocycles. The summed E-state index contributed by atoms with van der Waals surface area (Å²) in [5.41, 5.74) is 0.571. The molecule has 1 amide bonds. The molecule has 0 aliphatic rings. The van der Waals surface area contributed by atoms with Crippen molar-refractivity contribution in [3.05, 3.63) is 64.7 Å². The topological polar surface area (TPSA) is 95.3 Å². The van der Waals surface area contributed by atoms with Gasteiger partial charge in [0.25, 0.3) is 0 Å². The number of aromatic nitrogens is 3. The van der Waals surface area contributed by atoms with E-state index in [1.165, 1.54) is 37.1 Å². The van der Waals surface area contributed by atoms with Gasteiger partial charge in [-0.05, 0) is 43.2 Å². The number of hydrogen-bond donors (Lipinski definition) is 1. The van der Waals surface area contributed by atoms with E-state index in [0.717, 1.165) is 0 Å². The summed E-state index contributed by atoms with van der Waals surface area (Å²) >= 11 is 7.24. The van der Waals surface area contributed by atoms with E-state index >= 15 is 0 Å². The Labute approximate surface area is 212 Å². The number of para-hydroxylation sites is 1. The second kappa shape index (κ2) is 12.0. The van der Waals surface area contributed by atoms with Gasteiger partial charge in [0.15, 0.2) is 28.7 Å². The van der Waals surface area contributed by atoms with Gasteiger partial charge in [0, 0.05) is 12.2 Å². The fourth-order valence-corrected chi connectivity index (χ4v) is 4.17. The van der Waals surface area contributed by atoms with Gasteiger partial charge in [-0.2, -0.15) is 0 Å². The molecule has 3 aromatic rings. The van der Waals surface area contributed by atoms with E-state index in [1.807, 2.05) is 18.4 Å². The van der Waals surface area contributed by atoms with Crippen LogP contribution in [0.3, 0.4) is 0 Å². The van der Waals surface area contributed by atoms with Crippen molar-refractivity contribution in [2.24, 2.45) is 5.92 Å². The van der Waals surface area contributed by atoms with E-state index in [4.69, 9.17) is 21.1 Å². The van der Waals surface area contributed by atoms with E-state index in [0.29, 0.717) is 23.2 Å². The minimum absolute atomic E-state index is 0.0506. The van der Waals surface area contributed by atoms with Crippen LogP contribution in [0.5, 0.6) is 5.75 Å². The molecular weight excluding hydrogens is 495 g/mol. The molecular formula is C24H26ClFN4O4S. The molecule has 1 N–H and O–H groups in total. The number of methoxy groups -OCH3 is 1. The van der Waals surface area contributed by atoms with Gasteiger partial charge in [0.2, 0.25) is 5.91 Å². The van der Waals surface area contributed by atoms with Crippen LogP contribution in [0.1, 0.15) is 43.1 Å². The predicted molar refractivity (Wildman–Crippen MR) is 132 cm³/mol. The highest BCUT2D eigenvalue weighted by molar-refractivity contribution is 7.99. The van der Waals surface area contributed by atoms with E-state index in [9.17, 15) is 14.0 Å². The largest absolute Gasteiger partial charge is 0.480 e. The number of carbonyl (C=O) groups is 2. The lowest BCUT2D eigenvalue weighted by atomic mass is 10.2. The molecule has 0 radical (unpaired) electrons. The van der Waals surface area contributed by atoms with Crippen molar-refractivity contribution < 1.29 is 23.5 Å². The number of nitrogens with one attached hydrogen (secondary N) is 1. The molecule has 0 saturated carbocycles. The third-order valence-corrected chi connectivity index (χ3v) is 6.08. The number of amides is 1. The summed E-state index contributed by atoms with van der Waals surface area (Å²) < 4.78 is 26.4. The van der Waals surface area contributed by atoms with Crippen molar-refractivity contribution in [2.45, 2.75) is 38.6 Å². The van der Waals surface area contributed by atoms with Gasteiger partial charge in [-0.1, -0.05) is 49.3 Å². The second-order valence-electron chi connectivity index (χ2n) is 8.06. The van der Waals surface area contributed by atoms with E-state index in [1.54, 1.807) is 31.2 Å². The highest BCUT2D eigenvalue weighted by atomic mass is 35.5. The Morgan fingerprint density at radius 1 is 1.17 bits per heavy atom. The number of benzene rings is 2. The molecule has 1 aromatic heterocycles. The zero-order chi connectivity index (χ0) is 25.5. The van der Waals surface area contributed by atoms with E-state index < -0.39 is 17.9 Å². The first kappa shape index (κ1) is 26.5. The molecule has 0 aliphatic heterocycles. The third kappa shape index (κ3) is 6.95. The first-order chi connectivity index (χ1) is 16.7. The summed E-state index contributed by atoms with van der Waals surface area (Å²) in [6, 6.07) is 10.7. The Kier molecular flexibility index (Phi) is 9.11. The third-order valence-electron chi connectivity index (χ3n) is 4.78. The lowest BCUT2D eigenvalue weighted by Crippen LogP contribution is -2.17. The van der Waals surface area contributed by atoms with Gasteiger partial charge >= 0.3 is 5.97 Å². The molecule has 11 heteroatoms. The van der Waals surface area contributed by atoms with Crippen molar-refractivity contribution >= 4 is 40.9 Å². The first-order valence-electron chi connectivity index (χ1n) is 10.8. The fourth-order valence-electron chi connectivity index (χ4n) is 3.22. The number of nitrogens with zero attached hydrogens (tertiary/aromatic N) is 3. The molecule has 0 spiro atoms. The van der Waals surface area contributed by atoms with Crippen molar-refractivity contribution in [3.8, 4) is 5.75 Å². The van der Waals surface area contributed by atoms with Gasteiger partial charge < -0.3 is 19.4 Å². The van der Waals surface area contributed by atoms with Crippen LogP contribution in [0.4, 0.5) is 10.1 Å². The van der Waals surface area contributed by atoms with Crippen LogP contribution in [0.25, 0.3) is 0 Å². The van der Waals surface area contributed by atoms with Crippen molar-refractivity contribution in [3.63, 3.8) is 0 Å². The lowest BCUT2D eigenvalue weighted by molar-refractivity contribution is -0.113. The normalized spacial score (nSPS) is 11.9. The molecule has 0 aliphatic carbocycles. The molecule has 0 saturated heterocycles. The molecule has 1 atom stereocenters. The highest BCUT2D eigenvalue weighted by Gasteiger charge is 2.22. The van der Waals surface area contributed by atoms with Crippen molar-refractivity contribution in [2.75, 3.05) is 18.2 Å². The summed E-state index contributed by atoms with van der Waals surface area (Å²) in [5.74, 6) is -0.379. The fraction of sp³-hybridized carbons (Fsp3) is 0.333. The van der Waals surface area contributed by atoms with Crippen LogP contribution in [0.2, 0.25) is 5.02 Å². The van der Waals surface area contributed by atoms with Gasteiger partial charge in [0.05, 0.1) is 23.4 Å². The Hall–Kier alpha value is -3.11. The first-order valence-corrected chi connectivity index (χ1v) is 12.2. The Morgan fingerprint density at radius 2 is 1.91 bits per heavy atom. The number of anilines is 1. The monoisotopic (exact) mass is 520 g/mol. The maximum absolute atomic E-state index is 14.0.